The third kappa shape index (κ3) is 3.01. The van der Waals surface area contributed by atoms with E-state index in [1.807, 2.05) is 6.07 Å². The van der Waals surface area contributed by atoms with Crippen molar-refractivity contribution in [3.63, 3.8) is 0 Å². The molecular weight excluding hydrogens is 409 g/mol. The number of benzene rings is 2. The van der Waals surface area contributed by atoms with Gasteiger partial charge in [-0.15, -0.1) is 0 Å². The molecule has 0 saturated heterocycles. The summed E-state index contributed by atoms with van der Waals surface area (Å²) in [6.07, 6.45) is 1.64. The first kappa shape index (κ1) is 19.5. The quantitative estimate of drug-likeness (QED) is 0.484. The number of ether oxygens (including phenoxy) is 2. The monoisotopic (exact) mass is 425 g/mol. The SMILES string of the molecule is COc1cccc(-n2c3c(cc(-c4cccc(F)c4C#N)c2=O)-c2ncccc2OC3)c1. The van der Waals surface area contributed by atoms with Crippen molar-refractivity contribution in [1.82, 2.24) is 9.55 Å². The summed E-state index contributed by atoms with van der Waals surface area (Å²) in [5.41, 5.74) is 2.25. The van der Waals surface area contributed by atoms with E-state index in [9.17, 15) is 14.4 Å². The molecule has 2 aromatic carbocycles. The van der Waals surface area contributed by atoms with E-state index in [1.165, 1.54) is 16.7 Å². The van der Waals surface area contributed by atoms with Gasteiger partial charge in [-0.05, 0) is 36.4 Å². The van der Waals surface area contributed by atoms with Crippen LogP contribution < -0.4 is 15.0 Å². The van der Waals surface area contributed by atoms with Crippen molar-refractivity contribution >= 4 is 0 Å². The van der Waals surface area contributed by atoms with Gasteiger partial charge in [0.2, 0.25) is 0 Å². The summed E-state index contributed by atoms with van der Waals surface area (Å²) in [6.45, 7) is 0.148. The lowest BCUT2D eigenvalue weighted by atomic mass is 9.96. The minimum absolute atomic E-state index is 0.148. The fraction of sp³-hybridized carbons (Fsp3) is 0.0800. The molecule has 7 heteroatoms. The van der Waals surface area contributed by atoms with Crippen LogP contribution in [0.15, 0.2) is 71.7 Å². The number of halogens is 1. The van der Waals surface area contributed by atoms with E-state index in [0.717, 1.165) is 0 Å². The van der Waals surface area contributed by atoms with E-state index < -0.39 is 11.4 Å². The first-order valence-corrected chi connectivity index (χ1v) is 9.83. The van der Waals surface area contributed by atoms with Gasteiger partial charge in [0.05, 0.1) is 24.1 Å². The Hall–Kier alpha value is -4.44. The fourth-order valence-electron chi connectivity index (χ4n) is 3.93. The van der Waals surface area contributed by atoms with Gasteiger partial charge >= 0.3 is 0 Å². The predicted molar refractivity (Wildman–Crippen MR) is 116 cm³/mol. The van der Waals surface area contributed by atoms with Crippen LogP contribution in [-0.2, 0) is 6.61 Å². The number of aromatic nitrogens is 2. The highest BCUT2D eigenvalue weighted by atomic mass is 19.1. The molecule has 1 aliphatic rings. The number of nitrogens with zero attached hydrogens (tertiary/aromatic N) is 3. The maximum Gasteiger partial charge on any atom is 0.263 e. The molecule has 0 aliphatic carbocycles. The van der Waals surface area contributed by atoms with Gasteiger partial charge in [0, 0.05) is 29.0 Å². The highest BCUT2D eigenvalue weighted by Gasteiger charge is 2.26. The number of rotatable bonds is 3. The second kappa shape index (κ2) is 7.67. The Bertz CT molecular complexity index is 1470. The van der Waals surface area contributed by atoms with Gasteiger partial charge in [0.25, 0.3) is 5.56 Å². The van der Waals surface area contributed by atoms with Crippen molar-refractivity contribution in [2.24, 2.45) is 0 Å². The van der Waals surface area contributed by atoms with Gasteiger partial charge in [0.1, 0.15) is 35.7 Å². The Morgan fingerprint density at radius 2 is 1.94 bits per heavy atom. The molecule has 0 unspecified atom stereocenters. The third-order valence-corrected chi connectivity index (χ3v) is 5.42. The van der Waals surface area contributed by atoms with Crippen molar-refractivity contribution in [2.45, 2.75) is 6.61 Å². The summed E-state index contributed by atoms with van der Waals surface area (Å²) in [5, 5.41) is 9.55. The number of methoxy groups -OCH3 is 1. The van der Waals surface area contributed by atoms with Gasteiger partial charge in [-0.2, -0.15) is 5.26 Å². The molecule has 4 aromatic rings. The zero-order valence-corrected chi connectivity index (χ0v) is 17.0. The maximum atomic E-state index is 14.4. The Morgan fingerprint density at radius 1 is 1.09 bits per heavy atom. The van der Waals surface area contributed by atoms with E-state index in [1.54, 1.807) is 61.8 Å². The van der Waals surface area contributed by atoms with Gasteiger partial charge in [-0.1, -0.05) is 18.2 Å². The first-order chi connectivity index (χ1) is 15.6. The number of nitriles is 1. The molecule has 0 N–H and O–H groups in total. The number of hydrogen-bond acceptors (Lipinski definition) is 5. The summed E-state index contributed by atoms with van der Waals surface area (Å²) >= 11 is 0. The highest BCUT2D eigenvalue weighted by molar-refractivity contribution is 5.79. The fourth-order valence-corrected chi connectivity index (χ4v) is 3.93. The van der Waals surface area contributed by atoms with E-state index in [4.69, 9.17) is 9.47 Å². The first-order valence-electron chi connectivity index (χ1n) is 9.83. The van der Waals surface area contributed by atoms with Crippen molar-refractivity contribution in [3.8, 4) is 45.6 Å². The lowest BCUT2D eigenvalue weighted by molar-refractivity contribution is 0.292. The van der Waals surface area contributed by atoms with E-state index in [2.05, 4.69) is 4.98 Å². The van der Waals surface area contributed by atoms with E-state index in [-0.39, 0.29) is 23.3 Å². The molecule has 156 valence electrons. The van der Waals surface area contributed by atoms with Crippen LogP contribution in [0.4, 0.5) is 4.39 Å². The lowest BCUT2D eigenvalue weighted by Gasteiger charge is -2.24. The number of fused-ring (bicyclic) bond motifs is 3. The van der Waals surface area contributed by atoms with Crippen LogP contribution in [-0.4, -0.2) is 16.7 Å². The molecule has 2 aromatic heterocycles. The van der Waals surface area contributed by atoms with Crippen LogP contribution in [0, 0.1) is 17.1 Å². The molecule has 0 bridgehead atoms. The van der Waals surface area contributed by atoms with Crippen LogP contribution in [0.2, 0.25) is 0 Å². The van der Waals surface area contributed by atoms with Crippen LogP contribution in [0.25, 0.3) is 28.1 Å². The zero-order valence-electron chi connectivity index (χ0n) is 17.0. The summed E-state index contributed by atoms with van der Waals surface area (Å²) in [6, 6.07) is 18.4. The van der Waals surface area contributed by atoms with Crippen LogP contribution >= 0.6 is 0 Å². The topological polar surface area (TPSA) is 77.1 Å². The average Bonchev–Trinajstić information content (AvgIpc) is 2.83. The van der Waals surface area contributed by atoms with Gasteiger partial charge < -0.3 is 9.47 Å². The molecule has 0 amide bonds. The van der Waals surface area contributed by atoms with Crippen LogP contribution in [0.5, 0.6) is 11.5 Å². The van der Waals surface area contributed by atoms with Crippen molar-refractivity contribution < 1.29 is 13.9 Å². The normalized spacial score (nSPS) is 11.7. The maximum absolute atomic E-state index is 14.4. The molecule has 0 atom stereocenters. The second-order valence-electron chi connectivity index (χ2n) is 7.17. The highest BCUT2D eigenvalue weighted by Crippen LogP contribution is 2.38. The summed E-state index contributed by atoms with van der Waals surface area (Å²) in [7, 11) is 1.54. The Kier molecular flexibility index (Phi) is 4.68. The number of pyridine rings is 2. The molecule has 3 heterocycles. The molecule has 0 spiro atoms. The minimum Gasteiger partial charge on any atom is -0.497 e. The molecular formula is C25H16FN3O3. The Balaban J connectivity index is 1.90. The zero-order chi connectivity index (χ0) is 22.2. The van der Waals surface area contributed by atoms with Crippen molar-refractivity contribution in [3.05, 3.63) is 94.3 Å². The Labute approximate surface area is 182 Å². The van der Waals surface area contributed by atoms with Crippen molar-refractivity contribution in [2.75, 3.05) is 7.11 Å². The van der Waals surface area contributed by atoms with E-state index in [0.29, 0.717) is 34.1 Å². The van der Waals surface area contributed by atoms with Gasteiger partial charge in [0.15, 0.2) is 0 Å². The lowest BCUT2D eigenvalue weighted by Crippen LogP contribution is -2.27. The minimum atomic E-state index is -0.683. The largest absolute Gasteiger partial charge is 0.497 e. The smallest absolute Gasteiger partial charge is 0.263 e. The Morgan fingerprint density at radius 3 is 2.75 bits per heavy atom. The average molecular weight is 425 g/mol. The second-order valence-corrected chi connectivity index (χ2v) is 7.17. The predicted octanol–water partition coefficient (Wildman–Crippen LogP) is 4.48. The van der Waals surface area contributed by atoms with Crippen LogP contribution in [0.1, 0.15) is 11.3 Å². The summed E-state index contributed by atoms with van der Waals surface area (Å²) < 4.78 is 27.1. The summed E-state index contributed by atoms with van der Waals surface area (Å²) in [5.74, 6) is 0.478. The molecule has 0 radical (unpaired) electrons. The third-order valence-electron chi connectivity index (χ3n) is 5.42. The molecule has 5 rings (SSSR count). The van der Waals surface area contributed by atoms with Crippen molar-refractivity contribution in [1.29, 1.82) is 5.26 Å². The standard InChI is InChI=1S/C25H16FN3O3/c1-31-16-6-2-5-15(11-16)29-22-14-32-23-9-4-10-28-24(23)19(22)12-18(25(29)30)17-7-3-8-21(26)20(17)13-27/h2-12H,14H2,1H3. The molecule has 0 saturated carbocycles. The molecule has 0 fully saturated rings. The summed E-state index contributed by atoms with van der Waals surface area (Å²) in [4.78, 5) is 18.2. The molecule has 6 nitrogen and oxygen atoms in total. The molecule has 32 heavy (non-hydrogen) atoms. The number of hydrogen-bond donors (Lipinski definition) is 0. The van der Waals surface area contributed by atoms with E-state index >= 15 is 0 Å². The van der Waals surface area contributed by atoms with Gasteiger partial charge in [-0.3, -0.25) is 14.3 Å². The van der Waals surface area contributed by atoms with Crippen LogP contribution in [0.3, 0.4) is 0 Å². The molecule has 1 aliphatic heterocycles. The van der Waals surface area contributed by atoms with Gasteiger partial charge in [-0.25, -0.2) is 4.39 Å².